The first-order chi connectivity index (χ1) is 15.5. The van der Waals surface area contributed by atoms with E-state index in [-0.39, 0.29) is 23.2 Å². The van der Waals surface area contributed by atoms with Crippen LogP contribution >= 0.6 is 0 Å². The van der Waals surface area contributed by atoms with Gasteiger partial charge in [-0.05, 0) is 17.5 Å². The van der Waals surface area contributed by atoms with Gasteiger partial charge in [0.15, 0.2) is 5.69 Å². The lowest BCUT2D eigenvalue weighted by Gasteiger charge is -2.36. The minimum atomic E-state index is -0.262. The number of hydrogen-bond acceptors (Lipinski definition) is 5. The van der Waals surface area contributed by atoms with Crippen molar-refractivity contribution in [3.8, 4) is 0 Å². The van der Waals surface area contributed by atoms with E-state index >= 15 is 0 Å². The van der Waals surface area contributed by atoms with Crippen LogP contribution in [0.1, 0.15) is 29.9 Å². The van der Waals surface area contributed by atoms with Crippen LogP contribution in [0.4, 0.5) is 0 Å². The molecule has 1 aromatic heterocycles. The highest BCUT2D eigenvalue weighted by atomic mass is 16.5. The summed E-state index contributed by atoms with van der Waals surface area (Å²) in [4.78, 5) is 28.6. The van der Waals surface area contributed by atoms with Gasteiger partial charge in [-0.2, -0.15) is 5.10 Å². The fourth-order valence-electron chi connectivity index (χ4n) is 4.24. The van der Waals surface area contributed by atoms with E-state index in [1.54, 1.807) is 12.1 Å². The Morgan fingerprint density at radius 2 is 1.69 bits per heavy atom. The first kappa shape index (κ1) is 22.2. The van der Waals surface area contributed by atoms with Crippen LogP contribution in [0, 0.1) is 5.92 Å². The van der Waals surface area contributed by atoms with Crippen LogP contribution in [0.15, 0.2) is 59.4 Å². The summed E-state index contributed by atoms with van der Waals surface area (Å²) in [5, 5.41) is 8.64. The number of aromatic nitrogens is 2. The standard InChI is InChI=1S/C25H30N4O3/c1-18(2)22(28-12-14-32-15-13-28)16-26-24(30)23-20-10-6-7-11-21(20)25(31)29(27-23)17-19-8-4-3-5-9-19/h3-11,18,22H,12-17H2,1-2H3,(H,26,30). The molecule has 1 fully saturated rings. The molecule has 1 unspecified atom stereocenters. The number of hydrogen-bond donors (Lipinski definition) is 1. The number of carbonyl (C=O) groups is 1. The van der Waals surface area contributed by atoms with Gasteiger partial charge in [-0.15, -0.1) is 0 Å². The van der Waals surface area contributed by atoms with Crippen LogP contribution in [-0.2, 0) is 11.3 Å². The largest absolute Gasteiger partial charge is 0.379 e. The minimum Gasteiger partial charge on any atom is -0.379 e. The number of carbonyl (C=O) groups excluding carboxylic acids is 1. The van der Waals surface area contributed by atoms with Gasteiger partial charge in [-0.25, -0.2) is 4.68 Å². The molecule has 32 heavy (non-hydrogen) atoms. The van der Waals surface area contributed by atoms with E-state index in [0.717, 1.165) is 18.7 Å². The monoisotopic (exact) mass is 434 g/mol. The molecular formula is C25H30N4O3. The van der Waals surface area contributed by atoms with E-state index < -0.39 is 0 Å². The molecule has 0 spiro atoms. The predicted molar refractivity (Wildman–Crippen MR) is 125 cm³/mol. The quantitative estimate of drug-likeness (QED) is 0.619. The average Bonchev–Trinajstić information content (AvgIpc) is 2.82. The highest BCUT2D eigenvalue weighted by molar-refractivity contribution is 6.04. The zero-order valence-corrected chi connectivity index (χ0v) is 18.7. The van der Waals surface area contributed by atoms with Gasteiger partial charge in [0.2, 0.25) is 0 Å². The Morgan fingerprint density at radius 3 is 2.38 bits per heavy atom. The number of rotatable bonds is 7. The summed E-state index contributed by atoms with van der Waals surface area (Å²) in [6, 6.07) is 17.0. The van der Waals surface area contributed by atoms with Gasteiger partial charge < -0.3 is 10.1 Å². The summed E-state index contributed by atoms with van der Waals surface area (Å²) in [6.45, 7) is 8.32. The normalized spacial score (nSPS) is 15.7. The topological polar surface area (TPSA) is 76.5 Å². The van der Waals surface area contributed by atoms with E-state index in [1.165, 1.54) is 4.68 Å². The third-order valence-electron chi connectivity index (χ3n) is 6.01. The van der Waals surface area contributed by atoms with Crippen LogP contribution in [0.25, 0.3) is 10.8 Å². The maximum atomic E-state index is 13.3. The van der Waals surface area contributed by atoms with Crippen molar-refractivity contribution in [1.29, 1.82) is 0 Å². The maximum absolute atomic E-state index is 13.3. The van der Waals surface area contributed by atoms with Crippen LogP contribution < -0.4 is 10.9 Å². The Balaban J connectivity index is 1.61. The Bertz CT molecular complexity index is 1120. The van der Waals surface area contributed by atoms with Crippen LogP contribution in [0.5, 0.6) is 0 Å². The van der Waals surface area contributed by atoms with Crippen molar-refractivity contribution >= 4 is 16.7 Å². The van der Waals surface area contributed by atoms with Gasteiger partial charge in [0.25, 0.3) is 11.5 Å². The van der Waals surface area contributed by atoms with Gasteiger partial charge >= 0.3 is 0 Å². The third kappa shape index (κ3) is 4.89. The molecule has 3 aromatic rings. The highest BCUT2D eigenvalue weighted by Gasteiger charge is 2.25. The number of nitrogens with zero attached hydrogens (tertiary/aromatic N) is 3. The maximum Gasteiger partial charge on any atom is 0.274 e. The molecular weight excluding hydrogens is 404 g/mol. The molecule has 7 nitrogen and oxygen atoms in total. The van der Waals surface area contributed by atoms with E-state index in [2.05, 4.69) is 29.2 Å². The molecule has 1 amide bonds. The molecule has 168 valence electrons. The van der Waals surface area contributed by atoms with Gasteiger partial charge in [0, 0.05) is 31.1 Å². The summed E-state index contributed by atoms with van der Waals surface area (Å²) >= 11 is 0. The van der Waals surface area contributed by atoms with Gasteiger partial charge in [0.1, 0.15) is 0 Å². The summed E-state index contributed by atoms with van der Waals surface area (Å²) in [7, 11) is 0. The van der Waals surface area contributed by atoms with Crippen molar-refractivity contribution in [2.75, 3.05) is 32.8 Å². The van der Waals surface area contributed by atoms with Crippen molar-refractivity contribution in [1.82, 2.24) is 20.0 Å². The van der Waals surface area contributed by atoms with E-state index in [0.29, 0.717) is 43.0 Å². The van der Waals surface area contributed by atoms with Crippen LogP contribution in [-0.4, -0.2) is 59.5 Å². The molecule has 2 aromatic carbocycles. The smallest absolute Gasteiger partial charge is 0.274 e. The van der Waals surface area contributed by atoms with Crippen molar-refractivity contribution in [3.05, 3.63) is 76.2 Å². The molecule has 4 rings (SSSR count). The Morgan fingerprint density at radius 1 is 1.03 bits per heavy atom. The molecule has 1 aliphatic heterocycles. The van der Waals surface area contributed by atoms with Crippen LogP contribution in [0.2, 0.25) is 0 Å². The molecule has 0 radical (unpaired) electrons. The molecule has 0 saturated carbocycles. The third-order valence-corrected chi connectivity index (χ3v) is 6.01. The van der Waals surface area contributed by atoms with Gasteiger partial charge in [-0.1, -0.05) is 62.4 Å². The second kappa shape index (κ2) is 10.1. The SMILES string of the molecule is CC(C)C(CNC(=O)c1nn(Cc2ccccc2)c(=O)c2ccccc12)N1CCOCC1. The Kier molecular flexibility index (Phi) is 6.97. The predicted octanol–water partition coefficient (Wildman–Crippen LogP) is 2.53. The summed E-state index contributed by atoms with van der Waals surface area (Å²) in [5.74, 6) is 0.118. The number of benzene rings is 2. The number of ether oxygens (including phenoxy) is 1. The van der Waals surface area contributed by atoms with Gasteiger partial charge in [0.05, 0.1) is 25.1 Å². The first-order valence-corrected chi connectivity index (χ1v) is 11.2. The van der Waals surface area contributed by atoms with Crippen molar-refractivity contribution in [2.45, 2.75) is 26.4 Å². The van der Waals surface area contributed by atoms with E-state index in [9.17, 15) is 9.59 Å². The molecule has 7 heteroatoms. The highest BCUT2D eigenvalue weighted by Crippen LogP contribution is 2.16. The zero-order chi connectivity index (χ0) is 22.5. The summed E-state index contributed by atoms with van der Waals surface area (Å²) in [5.41, 5.74) is 1.03. The van der Waals surface area contributed by atoms with Crippen molar-refractivity contribution < 1.29 is 9.53 Å². The average molecular weight is 435 g/mol. The van der Waals surface area contributed by atoms with E-state index in [4.69, 9.17) is 4.74 Å². The molecule has 1 N–H and O–H groups in total. The number of amides is 1. The second-order valence-electron chi connectivity index (χ2n) is 8.51. The fraction of sp³-hybridized carbons (Fsp3) is 0.400. The van der Waals surface area contributed by atoms with Crippen molar-refractivity contribution in [2.24, 2.45) is 5.92 Å². The number of nitrogens with one attached hydrogen (secondary N) is 1. The lowest BCUT2D eigenvalue weighted by molar-refractivity contribution is 0.00671. The molecule has 0 aliphatic carbocycles. The molecule has 2 heterocycles. The molecule has 1 saturated heterocycles. The Labute approximate surface area is 188 Å². The Hall–Kier alpha value is -3.03. The summed E-state index contributed by atoms with van der Waals surface area (Å²) in [6.07, 6.45) is 0. The van der Waals surface area contributed by atoms with Crippen LogP contribution in [0.3, 0.4) is 0 Å². The minimum absolute atomic E-state index is 0.200. The molecule has 0 bridgehead atoms. The fourth-order valence-corrected chi connectivity index (χ4v) is 4.24. The second-order valence-corrected chi connectivity index (χ2v) is 8.51. The van der Waals surface area contributed by atoms with Gasteiger partial charge in [-0.3, -0.25) is 14.5 Å². The molecule has 1 atom stereocenters. The molecule has 1 aliphatic rings. The van der Waals surface area contributed by atoms with Crippen molar-refractivity contribution in [3.63, 3.8) is 0 Å². The first-order valence-electron chi connectivity index (χ1n) is 11.2. The number of morpholine rings is 1. The number of fused-ring (bicyclic) bond motifs is 1. The lowest BCUT2D eigenvalue weighted by atomic mass is 10.0. The summed E-state index contributed by atoms with van der Waals surface area (Å²) < 4.78 is 6.86. The zero-order valence-electron chi connectivity index (χ0n) is 18.7. The lowest BCUT2D eigenvalue weighted by Crippen LogP contribution is -2.51. The van der Waals surface area contributed by atoms with E-state index in [1.807, 2.05) is 42.5 Å².